The van der Waals surface area contributed by atoms with Gasteiger partial charge in [0.05, 0.1) is 12.1 Å². The summed E-state index contributed by atoms with van der Waals surface area (Å²) in [6.07, 6.45) is 2.15. The van der Waals surface area contributed by atoms with E-state index in [1.54, 1.807) is 25.9 Å². The molecule has 0 aliphatic rings. The molecule has 0 bridgehead atoms. The van der Waals surface area contributed by atoms with Gasteiger partial charge < -0.3 is 30.9 Å². The Balaban J connectivity index is 0.00000121. The first kappa shape index (κ1) is 27.9. The molecule has 4 rings (SSSR count). The van der Waals surface area contributed by atoms with Crippen molar-refractivity contribution in [2.24, 2.45) is 0 Å². The van der Waals surface area contributed by atoms with E-state index in [-0.39, 0.29) is 18.5 Å². The first-order chi connectivity index (χ1) is 17.9. The number of unbranched alkanes of at least 4 members (excludes halogenated alkanes) is 1. The highest BCUT2D eigenvalue weighted by molar-refractivity contribution is 6.09. The number of aliphatic hydroxyl groups is 1. The lowest BCUT2D eigenvalue weighted by atomic mass is 10.1. The summed E-state index contributed by atoms with van der Waals surface area (Å²) in [6, 6.07) is 16.7. The number of nitrogens with zero attached hydrogens (tertiary/aromatic N) is 4. The molecule has 9 heteroatoms. The highest BCUT2D eigenvalue weighted by atomic mass is 16.2. The topological polar surface area (TPSA) is 121 Å². The Bertz CT molecular complexity index is 1320. The smallest absolute Gasteiger partial charge is 0.236 e. The van der Waals surface area contributed by atoms with Crippen LogP contribution in [0.2, 0.25) is 0 Å². The number of nitrogen functional groups attached to an aromatic ring is 1. The number of fused-ring (bicyclic) bond motifs is 3. The zero-order chi connectivity index (χ0) is 26.8. The van der Waals surface area contributed by atoms with Crippen LogP contribution < -0.4 is 16.4 Å². The lowest BCUT2D eigenvalue weighted by Gasteiger charge is -2.13. The normalized spacial score (nSPS) is 10.8. The van der Waals surface area contributed by atoms with Crippen LogP contribution in [0.15, 0.2) is 48.5 Å². The van der Waals surface area contributed by atoms with Crippen LogP contribution in [-0.4, -0.2) is 64.2 Å². The third kappa shape index (κ3) is 7.18. The van der Waals surface area contributed by atoms with Crippen molar-refractivity contribution in [2.75, 3.05) is 44.8 Å². The average molecular weight is 506 g/mol. The summed E-state index contributed by atoms with van der Waals surface area (Å²) in [5.41, 5.74) is 11.3. The van der Waals surface area contributed by atoms with E-state index in [2.05, 4.69) is 68.5 Å². The lowest BCUT2D eigenvalue weighted by Crippen LogP contribution is -2.32. The Labute approximate surface area is 218 Å². The van der Waals surface area contributed by atoms with E-state index < -0.39 is 0 Å². The second kappa shape index (κ2) is 13.6. The molecule has 0 fully saturated rings. The highest BCUT2D eigenvalue weighted by Crippen LogP contribution is 2.33. The van der Waals surface area contributed by atoms with Crippen molar-refractivity contribution in [3.63, 3.8) is 0 Å². The highest BCUT2D eigenvalue weighted by Gasteiger charge is 2.17. The van der Waals surface area contributed by atoms with Crippen LogP contribution >= 0.6 is 0 Å². The molecule has 4 aromatic rings. The molecular formula is C28H39N7O2. The van der Waals surface area contributed by atoms with E-state index in [0.29, 0.717) is 19.6 Å². The summed E-state index contributed by atoms with van der Waals surface area (Å²) in [4.78, 5) is 22.6. The van der Waals surface area contributed by atoms with Gasteiger partial charge in [0.2, 0.25) is 11.9 Å². The van der Waals surface area contributed by atoms with Gasteiger partial charge in [-0.2, -0.15) is 4.98 Å². The second-order valence-electron chi connectivity index (χ2n) is 9.04. The van der Waals surface area contributed by atoms with Gasteiger partial charge in [0.25, 0.3) is 0 Å². The van der Waals surface area contributed by atoms with Crippen LogP contribution in [0, 0.1) is 0 Å². The summed E-state index contributed by atoms with van der Waals surface area (Å²) in [7, 11) is 3.53. The number of aliphatic hydroxyl groups excluding tert-OH is 1. The van der Waals surface area contributed by atoms with Gasteiger partial charge in [-0.1, -0.05) is 55.8 Å². The average Bonchev–Trinajstić information content (AvgIpc) is 3.18. The predicted octanol–water partition coefficient (Wildman–Crippen LogP) is 3.60. The van der Waals surface area contributed by atoms with Gasteiger partial charge in [-0.25, -0.2) is 4.98 Å². The SMILES string of the molecule is CCCCNc1nc(N)nc2c3ccccc3n(Cc3cccc(CNCC(=O)N(C)C)c3)c12.CCO. The fourth-order valence-electron chi connectivity index (χ4n) is 4.11. The molecular weight excluding hydrogens is 466 g/mol. The number of carbonyl (C=O) groups excluding carboxylic acids is 1. The number of anilines is 2. The summed E-state index contributed by atoms with van der Waals surface area (Å²) >= 11 is 0. The summed E-state index contributed by atoms with van der Waals surface area (Å²) in [5, 5.41) is 15.3. The number of hydrogen-bond acceptors (Lipinski definition) is 7. The number of benzene rings is 2. The molecule has 0 spiro atoms. The molecule has 1 amide bonds. The van der Waals surface area contributed by atoms with Crippen molar-refractivity contribution in [3.8, 4) is 0 Å². The maximum atomic E-state index is 11.8. The number of amides is 1. The number of carbonyl (C=O) groups is 1. The third-order valence-corrected chi connectivity index (χ3v) is 5.88. The molecule has 198 valence electrons. The Morgan fingerprint density at radius 2 is 1.81 bits per heavy atom. The Morgan fingerprint density at radius 1 is 1.08 bits per heavy atom. The molecule has 0 atom stereocenters. The molecule has 5 N–H and O–H groups in total. The van der Waals surface area contributed by atoms with Crippen molar-refractivity contribution in [1.82, 2.24) is 24.8 Å². The Kier molecular flexibility index (Phi) is 10.2. The molecule has 0 radical (unpaired) electrons. The number of para-hydroxylation sites is 1. The fourth-order valence-corrected chi connectivity index (χ4v) is 4.11. The van der Waals surface area contributed by atoms with E-state index in [1.165, 1.54) is 0 Å². The second-order valence-corrected chi connectivity index (χ2v) is 9.04. The zero-order valence-corrected chi connectivity index (χ0v) is 22.3. The quantitative estimate of drug-likeness (QED) is 0.243. The number of nitrogens with two attached hydrogens (primary N) is 1. The van der Waals surface area contributed by atoms with Gasteiger partial charge in [0.1, 0.15) is 11.0 Å². The molecule has 0 saturated carbocycles. The van der Waals surface area contributed by atoms with Crippen LogP contribution in [0.3, 0.4) is 0 Å². The van der Waals surface area contributed by atoms with E-state index >= 15 is 0 Å². The van der Waals surface area contributed by atoms with Crippen LogP contribution in [-0.2, 0) is 17.9 Å². The van der Waals surface area contributed by atoms with Gasteiger partial charge >= 0.3 is 0 Å². The molecule has 2 aromatic carbocycles. The van der Waals surface area contributed by atoms with Gasteiger partial charge in [0.15, 0.2) is 5.82 Å². The summed E-state index contributed by atoms with van der Waals surface area (Å²) in [6.45, 7) is 6.54. The minimum Gasteiger partial charge on any atom is -0.397 e. The Morgan fingerprint density at radius 3 is 2.54 bits per heavy atom. The number of rotatable bonds is 10. The summed E-state index contributed by atoms with van der Waals surface area (Å²) in [5.74, 6) is 1.10. The van der Waals surface area contributed by atoms with Gasteiger partial charge in [-0.15, -0.1) is 0 Å². The maximum Gasteiger partial charge on any atom is 0.236 e. The lowest BCUT2D eigenvalue weighted by molar-refractivity contribution is -0.127. The van der Waals surface area contributed by atoms with E-state index in [9.17, 15) is 4.79 Å². The standard InChI is InChI=1S/C26H33N7O.C2H6O/c1-4-5-13-29-25-24-23(30-26(27)31-25)20-11-6-7-12-21(20)33(24)17-19-10-8-9-18(14-19)15-28-16-22(34)32(2)3;1-2-3/h6-12,14,28H,4-5,13,15-17H2,1-3H3,(H3,27,29,30,31);3H,2H2,1H3. The van der Waals surface area contributed by atoms with Crippen LogP contribution in [0.4, 0.5) is 11.8 Å². The van der Waals surface area contributed by atoms with Crippen LogP contribution in [0.25, 0.3) is 21.9 Å². The molecule has 37 heavy (non-hydrogen) atoms. The first-order valence-electron chi connectivity index (χ1n) is 12.8. The van der Waals surface area contributed by atoms with Gasteiger partial charge in [0, 0.05) is 45.7 Å². The van der Waals surface area contributed by atoms with Crippen molar-refractivity contribution in [2.45, 2.75) is 39.8 Å². The van der Waals surface area contributed by atoms with Crippen molar-refractivity contribution in [3.05, 3.63) is 59.7 Å². The molecule has 2 heterocycles. The molecule has 0 saturated heterocycles. The summed E-state index contributed by atoms with van der Waals surface area (Å²) < 4.78 is 2.26. The molecule has 0 aliphatic carbocycles. The number of likely N-dealkylation sites (N-methyl/N-ethyl adjacent to an activating group) is 1. The van der Waals surface area contributed by atoms with E-state index in [4.69, 9.17) is 10.8 Å². The van der Waals surface area contributed by atoms with Crippen molar-refractivity contribution < 1.29 is 9.90 Å². The van der Waals surface area contributed by atoms with Crippen LogP contribution in [0.1, 0.15) is 37.8 Å². The molecule has 0 unspecified atom stereocenters. The minimum absolute atomic E-state index is 0.0591. The minimum atomic E-state index is 0.0591. The fraction of sp³-hybridized carbons (Fsp3) is 0.393. The van der Waals surface area contributed by atoms with Gasteiger partial charge in [-0.05, 0) is 30.5 Å². The largest absolute Gasteiger partial charge is 0.397 e. The van der Waals surface area contributed by atoms with Gasteiger partial charge in [-0.3, -0.25) is 4.79 Å². The maximum absolute atomic E-state index is 11.8. The molecule has 0 aliphatic heterocycles. The third-order valence-electron chi connectivity index (χ3n) is 5.88. The van der Waals surface area contributed by atoms with Crippen LogP contribution in [0.5, 0.6) is 0 Å². The first-order valence-corrected chi connectivity index (χ1v) is 12.8. The van der Waals surface area contributed by atoms with Crippen molar-refractivity contribution >= 4 is 39.6 Å². The molecule has 9 nitrogen and oxygen atoms in total. The number of aromatic nitrogens is 3. The van der Waals surface area contributed by atoms with Crippen molar-refractivity contribution in [1.29, 1.82) is 0 Å². The van der Waals surface area contributed by atoms with E-state index in [0.717, 1.165) is 58.3 Å². The number of nitrogens with one attached hydrogen (secondary N) is 2. The predicted molar refractivity (Wildman–Crippen MR) is 152 cm³/mol. The number of hydrogen-bond donors (Lipinski definition) is 4. The zero-order valence-electron chi connectivity index (χ0n) is 22.3. The molecule has 2 aromatic heterocycles. The Hall–Kier alpha value is -3.69. The monoisotopic (exact) mass is 505 g/mol. The van der Waals surface area contributed by atoms with E-state index in [1.807, 2.05) is 12.1 Å².